The van der Waals surface area contributed by atoms with Crippen LogP contribution in [-0.4, -0.2) is 49.6 Å². The Bertz CT molecular complexity index is 1250. The molecule has 178 valence electrons. The van der Waals surface area contributed by atoms with Gasteiger partial charge in [0.25, 0.3) is 0 Å². The number of hydrogen-bond acceptors (Lipinski definition) is 5. The van der Waals surface area contributed by atoms with Gasteiger partial charge in [-0.25, -0.2) is 4.68 Å². The highest BCUT2D eigenvalue weighted by Gasteiger charge is 2.37. The number of ether oxygens (including phenoxy) is 1. The van der Waals surface area contributed by atoms with Gasteiger partial charge in [-0.15, -0.1) is 5.10 Å². The number of halogens is 3. The number of aromatic nitrogens is 4. The molecule has 1 aliphatic heterocycles. The molecular formula is C23H22F3N5O3. The van der Waals surface area contributed by atoms with E-state index >= 15 is 0 Å². The molecule has 0 N–H and O–H groups in total. The highest BCUT2D eigenvalue weighted by molar-refractivity contribution is 5.87. The van der Waals surface area contributed by atoms with Crippen molar-refractivity contribution in [1.29, 1.82) is 0 Å². The summed E-state index contributed by atoms with van der Waals surface area (Å²) in [5, 5.41) is 8.39. The summed E-state index contributed by atoms with van der Waals surface area (Å²) in [5.41, 5.74) is 0.941. The van der Waals surface area contributed by atoms with Gasteiger partial charge >= 0.3 is 6.18 Å². The fraction of sp³-hybridized carbons (Fsp3) is 0.304. The number of aryl methyl sites for hydroxylation is 1. The molecule has 0 saturated carbocycles. The van der Waals surface area contributed by atoms with Gasteiger partial charge < -0.3 is 14.2 Å². The number of rotatable bonds is 6. The van der Waals surface area contributed by atoms with Gasteiger partial charge in [-0.3, -0.25) is 9.59 Å². The van der Waals surface area contributed by atoms with Crippen LogP contribution < -0.4 is 5.56 Å². The fourth-order valence-electron chi connectivity index (χ4n) is 3.79. The molecule has 3 heterocycles. The molecule has 8 nitrogen and oxygen atoms in total. The molecule has 1 amide bonds. The number of nitrogens with zero attached hydrogens (tertiary/aromatic N) is 5. The molecule has 0 bridgehead atoms. The molecule has 0 spiro atoms. The summed E-state index contributed by atoms with van der Waals surface area (Å²) >= 11 is 0. The summed E-state index contributed by atoms with van der Waals surface area (Å²) in [4.78, 5) is 25.4. The van der Waals surface area contributed by atoms with E-state index in [4.69, 9.17) is 4.74 Å². The standard InChI is InChI=1S/C23H22F3N5O3/c1-3-21(32)30-12-19(31-11-18(27-28-31)16-6-9-22(33)29(2)10-16)20(13-30)34-14-15-4-7-17(8-5-15)23(24,25)26/h3-11,19-20H,1,12-14H2,2H3. The topological polar surface area (TPSA) is 82.2 Å². The van der Waals surface area contributed by atoms with Crippen LogP contribution in [0.15, 0.2) is 66.2 Å². The number of alkyl halides is 3. The Balaban J connectivity index is 1.53. The molecule has 4 rings (SSSR count). The second-order valence-electron chi connectivity index (χ2n) is 8.01. The minimum atomic E-state index is -4.41. The normalized spacial score (nSPS) is 18.3. The third kappa shape index (κ3) is 4.93. The minimum absolute atomic E-state index is 0.0672. The van der Waals surface area contributed by atoms with E-state index in [2.05, 4.69) is 16.9 Å². The first-order chi connectivity index (χ1) is 16.2. The van der Waals surface area contributed by atoms with Gasteiger partial charge in [0.1, 0.15) is 5.69 Å². The molecule has 2 unspecified atom stereocenters. The van der Waals surface area contributed by atoms with Crippen molar-refractivity contribution in [2.24, 2.45) is 7.05 Å². The van der Waals surface area contributed by atoms with Gasteiger partial charge in [0.2, 0.25) is 11.5 Å². The lowest BCUT2D eigenvalue weighted by Crippen LogP contribution is -2.28. The Morgan fingerprint density at radius 3 is 2.56 bits per heavy atom. The number of likely N-dealkylation sites (tertiary alicyclic amines) is 1. The minimum Gasteiger partial charge on any atom is -0.369 e. The highest BCUT2D eigenvalue weighted by Crippen LogP contribution is 2.30. The number of hydrogen-bond donors (Lipinski definition) is 0. The lowest BCUT2D eigenvalue weighted by atomic mass is 10.1. The maximum Gasteiger partial charge on any atom is 0.416 e. The van der Waals surface area contributed by atoms with Crippen LogP contribution >= 0.6 is 0 Å². The average molecular weight is 473 g/mol. The van der Waals surface area contributed by atoms with Crippen molar-refractivity contribution in [3.8, 4) is 11.3 Å². The third-order valence-electron chi connectivity index (χ3n) is 5.70. The quantitative estimate of drug-likeness (QED) is 0.515. The summed E-state index contributed by atoms with van der Waals surface area (Å²) < 4.78 is 47.5. The van der Waals surface area contributed by atoms with Crippen LogP contribution in [0.3, 0.4) is 0 Å². The monoisotopic (exact) mass is 473 g/mol. The van der Waals surface area contributed by atoms with Crippen molar-refractivity contribution in [1.82, 2.24) is 24.5 Å². The maximum absolute atomic E-state index is 12.8. The van der Waals surface area contributed by atoms with Crippen molar-refractivity contribution in [2.75, 3.05) is 13.1 Å². The maximum atomic E-state index is 12.8. The molecular weight excluding hydrogens is 451 g/mol. The van der Waals surface area contributed by atoms with Gasteiger partial charge in [-0.1, -0.05) is 23.9 Å². The molecule has 34 heavy (non-hydrogen) atoms. The van der Waals surface area contributed by atoms with Crippen molar-refractivity contribution in [3.63, 3.8) is 0 Å². The van der Waals surface area contributed by atoms with Crippen LogP contribution in [0, 0.1) is 0 Å². The van der Waals surface area contributed by atoms with E-state index in [1.54, 1.807) is 35.1 Å². The summed E-state index contributed by atoms with van der Waals surface area (Å²) in [6.07, 6.45) is -0.303. The average Bonchev–Trinajstić information content (AvgIpc) is 3.46. The molecule has 3 aromatic rings. The van der Waals surface area contributed by atoms with Gasteiger partial charge in [-0.05, 0) is 29.8 Å². The highest BCUT2D eigenvalue weighted by atomic mass is 19.4. The van der Waals surface area contributed by atoms with Crippen molar-refractivity contribution in [3.05, 3.63) is 82.9 Å². The van der Waals surface area contributed by atoms with Crippen molar-refractivity contribution >= 4 is 5.91 Å². The van der Waals surface area contributed by atoms with E-state index in [1.807, 2.05) is 0 Å². The van der Waals surface area contributed by atoms with Gasteiger partial charge in [0.15, 0.2) is 0 Å². The molecule has 2 atom stereocenters. The summed E-state index contributed by atoms with van der Waals surface area (Å²) in [6, 6.07) is 7.47. The van der Waals surface area contributed by atoms with Crippen LogP contribution in [0.4, 0.5) is 13.2 Å². The number of benzene rings is 1. The third-order valence-corrected chi connectivity index (χ3v) is 5.70. The van der Waals surface area contributed by atoms with Crippen molar-refractivity contribution < 1.29 is 22.7 Å². The van der Waals surface area contributed by atoms with Crippen LogP contribution in [0.2, 0.25) is 0 Å². The zero-order valence-corrected chi connectivity index (χ0v) is 18.3. The Labute approximate surface area is 192 Å². The Morgan fingerprint density at radius 1 is 1.18 bits per heavy atom. The van der Waals surface area contributed by atoms with Crippen LogP contribution in [0.5, 0.6) is 0 Å². The van der Waals surface area contributed by atoms with E-state index < -0.39 is 17.8 Å². The fourth-order valence-corrected chi connectivity index (χ4v) is 3.79. The number of amides is 1. The lowest BCUT2D eigenvalue weighted by Gasteiger charge is -2.19. The molecule has 1 fully saturated rings. The summed E-state index contributed by atoms with van der Waals surface area (Å²) in [6.45, 7) is 4.16. The largest absolute Gasteiger partial charge is 0.416 e. The predicted octanol–water partition coefficient (Wildman–Crippen LogP) is 2.82. The van der Waals surface area contributed by atoms with E-state index in [1.165, 1.54) is 28.8 Å². The van der Waals surface area contributed by atoms with E-state index in [9.17, 15) is 22.8 Å². The Morgan fingerprint density at radius 2 is 1.91 bits per heavy atom. The first-order valence-electron chi connectivity index (χ1n) is 10.4. The molecule has 1 saturated heterocycles. The molecule has 0 radical (unpaired) electrons. The molecule has 1 aliphatic rings. The Hall–Kier alpha value is -3.73. The second-order valence-corrected chi connectivity index (χ2v) is 8.01. The van der Waals surface area contributed by atoms with E-state index in [-0.39, 0.29) is 30.7 Å². The first-order valence-corrected chi connectivity index (χ1v) is 10.4. The van der Waals surface area contributed by atoms with Gasteiger partial charge in [-0.2, -0.15) is 13.2 Å². The van der Waals surface area contributed by atoms with E-state index in [0.29, 0.717) is 23.4 Å². The number of pyridine rings is 1. The molecule has 0 aliphatic carbocycles. The lowest BCUT2D eigenvalue weighted by molar-refractivity contribution is -0.137. The van der Waals surface area contributed by atoms with Crippen LogP contribution in [0.1, 0.15) is 17.2 Å². The number of carbonyl (C=O) groups is 1. The van der Waals surface area contributed by atoms with Gasteiger partial charge in [0, 0.05) is 38.0 Å². The number of carbonyl (C=O) groups excluding carboxylic acids is 1. The molecule has 2 aromatic heterocycles. The van der Waals surface area contributed by atoms with Gasteiger partial charge in [0.05, 0.1) is 30.5 Å². The Kier molecular flexibility index (Phi) is 6.38. The second kappa shape index (κ2) is 9.26. The first kappa shape index (κ1) is 23.4. The predicted molar refractivity (Wildman–Crippen MR) is 117 cm³/mol. The smallest absolute Gasteiger partial charge is 0.369 e. The van der Waals surface area contributed by atoms with Crippen molar-refractivity contribution in [2.45, 2.75) is 24.9 Å². The zero-order chi connectivity index (χ0) is 24.5. The van der Waals surface area contributed by atoms with E-state index in [0.717, 1.165) is 12.1 Å². The van der Waals surface area contributed by atoms with Crippen LogP contribution in [-0.2, 0) is 29.4 Å². The zero-order valence-electron chi connectivity index (χ0n) is 18.3. The van der Waals surface area contributed by atoms with Crippen LogP contribution in [0.25, 0.3) is 11.3 Å². The SMILES string of the molecule is C=CC(=O)N1CC(OCc2ccc(C(F)(F)F)cc2)C(n2cc(-c3ccc(=O)n(C)c3)nn2)C1. The summed E-state index contributed by atoms with van der Waals surface area (Å²) in [7, 11) is 1.64. The molecule has 1 aromatic carbocycles. The summed E-state index contributed by atoms with van der Waals surface area (Å²) in [5.74, 6) is -0.260. The molecule has 11 heteroatoms.